The van der Waals surface area contributed by atoms with Gasteiger partial charge in [0.15, 0.2) is 0 Å². The van der Waals surface area contributed by atoms with E-state index in [4.69, 9.17) is 5.73 Å². The summed E-state index contributed by atoms with van der Waals surface area (Å²) in [5.74, 6) is 0.187. The van der Waals surface area contributed by atoms with Crippen molar-refractivity contribution >= 4 is 28.3 Å². The summed E-state index contributed by atoms with van der Waals surface area (Å²) in [7, 11) is -3.17. The van der Waals surface area contributed by atoms with Crippen LogP contribution in [0.4, 0.5) is 0 Å². The third kappa shape index (κ3) is 7.71. The minimum absolute atomic E-state index is 0. The van der Waals surface area contributed by atoms with Crippen LogP contribution in [0.15, 0.2) is 0 Å². The van der Waals surface area contributed by atoms with Crippen molar-refractivity contribution in [2.45, 2.75) is 38.1 Å². The lowest BCUT2D eigenvalue weighted by molar-refractivity contribution is -0.121. The van der Waals surface area contributed by atoms with Gasteiger partial charge in [-0.25, -0.2) is 13.1 Å². The van der Waals surface area contributed by atoms with Crippen molar-refractivity contribution in [1.82, 2.24) is 10.0 Å². The molecule has 1 amide bonds. The fraction of sp³-hybridized carbons (Fsp3) is 0.909. The first-order valence-electron chi connectivity index (χ1n) is 6.36. The third-order valence-corrected chi connectivity index (χ3v) is 3.92. The van der Waals surface area contributed by atoms with Crippen molar-refractivity contribution in [2.24, 2.45) is 11.7 Å². The summed E-state index contributed by atoms with van der Waals surface area (Å²) >= 11 is 0. The Balaban J connectivity index is 0.00000324. The minimum Gasteiger partial charge on any atom is -0.356 e. The standard InChI is InChI=1S/C11H23N3O3S.ClH/c1-18(16,17)14-10-5-2-4-9(10)8-13-11(15)6-3-7-12;/h9-10,14H,2-8,12H2,1H3,(H,13,15);1H. The lowest BCUT2D eigenvalue weighted by atomic mass is 10.0. The second kappa shape index (κ2) is 8.73. The minimum atomic E-state index is -3.17. The van der Waals surface area contributed by atoms with Crippen LogP contribution in [-0.4, -0.2) is 39.7 Å². The number of sulfonamides is 1. The van der Waals surface area contributed by atoms with E-state index in [0.717, 1.165) is 19.3 Å². The maximum absolute atomic E-state index is 11.4. The molecule has 0 aromatic rings. The van der Waals surface area contributed by atoms with Crippen LogP contribution >= 0.6 is 12.4 Å². The van der Waals surface area contributed by atoms with Gasteiger partial charge >= 0.3 is 0 Å². The quantitative estimate of drug-likeness (QED) is 0.615. The average molecular weight is 314 g/mol. The lowest BCUT2D eigenvalue weighted by Gasteiger charge is -2.20. The van der Waals surface area contributed by atoms with E-state index in [9.17, 15) is 13.2 Å². The molecule has 0 saturated heterocycles. The second-order valence-electron chi connectivity index (χ2n) is 4.88. The van der Waals surface area contributed by atoms with Gasteiger partial charge < -0.3 is 11.1 Å². The van der Waals surface area contributed by atoms with E-state index < -0.39 is 10.0 Å². The summed E-state index contributed by atoms with van der Waals surface area (Å²) in [6.45, 7) is 1.05. The highest BCUT2D eigenvalue weighted by molar-refractivity contribution is 7.88. The van der Waals surface area contributed by atoms with Crippen LogP contribution in [-0.2, 0) is 14.8 Å². The van der Waals surface area contributed by atoms with Gasteiger partial charge in [-0.05, 0) is 31.7 Å². The van der Waals surface area contributed by atoms with Gasteiger partial charge in [-0.1, -0.05) is 6.42 Å². The van der Waals surface area contributed by atoms with Crippen LogP contribution in [0.25, 0.3) is 0 Å². The molecule has 6 nitrogen and oxygen atoms in total. The zero-order chi connectivity index (χ0) is 13.6. The molecule has 1 rings (SSSR count). The molecule has 0 aromatic heterocycles. The predicted molar refractivity (Wildman–Crippen MR) is 77.7 cm³/mol. The molecule has 0 heterocycles. The largest absolute Gasteiger partial charge is 0.356 e. The van der Waals surface area contributed by atoms with Crippen molar-refractivity contribution in [3.63, 3.8) is 0 Å². The Kier molecular flexibility index (Phi) is 8.56. The topological polar surface area (TPSA) is 101 Å². The van der Waals surface area contributed by atoms with Gasteiger partial charge in [-0.3, -0.25) is 4.79 Å². The molecule has 2 atom stereocenters. The molecule has 1 saturated carbocycles. The van der Waals surface area contributed by atoms with Crippen LogP contribution in [0.1, 0.15) is 32.1 Å². The summed E-state index contributed by atoms with van der Waals surface area (Å²) in [5, 5.41) is 2.85. The summed E-state index contributed by atoms with van der Waals surface area (Å²) in [6.07, 6.45) is 5.08. The highest BCUT2D eigenvalue weighted by Crippen LogP contribution is 2.25. The number of halogens is 1. The van der Waals surface area contributed by atoms with Crippen molar-refractivity contribution < 1.29 is 13.2 Å². The van der Waals surface area contributed by atoms with E-state index in [1.54, 1.807) is 0 Å². The van der Waals surface area contributed by atoms with Crippen molar-refractivity contribution in [3.8, 4) is 0 Å². The van der Waals surface area contributed by atoms with Gasteiger partial charge in [0, 0.05) is 19.0 Å². The molecule has 0 aromatic carbocycles. The molecule has 1 fully saturated rings. The number of hydrogen-bond donors (Lipinski definition) is 3. The Bertz CT molecular complexity index is 375. The summed E-state index contributed by atoms with van der Waals surface area (Å²) in [4.78, 5) is 11.4. The Labute approximate surface area is 121 Å². The first-order valence-corrected chi connectivity index (χ1v) is 8.25. The lowest BCUT2D eigenvalue weighted by Crippen LogP contribution is -2.41. The van der Waals surface area contributed by atoms with Crippen molar-refractivity contribution in [2.75, 3.05) is 19.3 Å². The molecule has 19 heavy (non-hydrogen) atoms. The molecule has 0 aliphatic heterocycles. The third-order valence-electron chi connectivity index (χ3n) is 3.19. The van der Waals surface area contributed by atoms with E-state index in [-0.39, 0.29) is 30.3 Å². The van der Waals surface area contributed by atoms with E-state index in [1.807, 2.05) is 0 Å². The van der Waals surface area contributed by atoms with E-state index in [2.05, 4.69) is 10.0 Å². The number of amides is 1. The Morgan fingerprint density at radius 1 is 1.37 bits per heavy atom. The summed E-state index contributed by atoms with van der Waals surface area (Å²) in [6, 6.07) is -0.0465. The van der Waals surface area contributed by atoms with E-state index in [0.29, 0.717) is 25.9 Å². The van der Waals surface area contributed by atoms with Crippen LogP contribution in [0.5, 0.6) is 0 Å². The molecule has 0 bridgehead atoms. The molecule has 2 unspecified atom stereocenters. The first kappa shape index (κ1) is 18.6. The van der Waals surface area contributed by atoms with Gasteiger partial charge in [0.05, 0.1) is 6.26 Å². The normalized spacial score (nSPS) is 22.8. The fourth-order valence-corrected chi connectivity index (χ4v) is 3.17. The van der Waals surface area contributed by atoms with Crippen LogP contribution in [0.3, 0.4) is 0 Å². The molecular formula is C11H24ClN3O3S. The zero-order valence-electron chi connectivity index (χ0n) is 11.2. The maximum Gasteiger partial charge on any atom is 0.220 e. The van der Waals surface area contributed by atoms with Crippen LogP contribution in [0.2, 0.25) is 0 Å². The Morgan fingerprint density at radius 2 is 2.05 bits per heavy atom. The van der Waals surface area contributed by atoms with Gasteiger partial charge in [0.2, 0.25) is 15.9 Å². The SMILES string of the molecule is CS(=O)(=O)NC1CCCC1CNC(=O)CCCN.Cl. The van der Waals surface area contributed by atoms with Crippen LogP contribution in [0, 0.1) is 5.92 Å². The van der Waals surface area contributed by atoms with E-state index in [1.165, 1.54) is 6.26 Å². The second-order valence-corrected chi connectivity index (χ2v) is 6.66. The molecule has 0 radical (unpaired) electrons. The molecular weight excluding hydrogens is 290 g/mol. The Hall–Kier alpha value is -0.370. The summed E-state index contributed by atoms with van der Waals surface area (Å²) in [5.41, 5.74) is 5.33. The molecule has 8 heteroatoms. The number of carbonyl (C=O) groups excluding carboxylic acids is 1. The fourth-order valence-electron chi connectivity index (χ4n) is 2.31. The maximum atomic E-state index is 11.4. The van der Waals surface area contributed by atoms with Crippen molar-refractivity contribution in [1.29, 1.82) is 0 Å². The molecule has 4 N–H and O–H groups in total. The predicted octanol–water partition coefficient (Wildman–Crippen LogP) is -0.0188. The van der Waals surface area contributed by atoms with Gasteiger partial charge in [0.1, 0.15) is 0 Å². The number of hydrogen-bond acceptors (Lipinski definition) is 4. The number of nitrogens with two attached hydrogens (primary N) is 1. The molecule has 0 spiro atoms. The van der Waals surface area contributed by atoms with Gasteiger partial charge in [-0.2, -0.15) is 0 Å². The smallest absolute Gasteiger partial charge is 0.220 e. The van der Waals surface area contributed by atoms with Crippen LogP contribution < -0.4 is 15.8 Å². The Morgan fingerprint density at radius 3 is 2.63 bits per heavy atom. The number of nitrogens with one attached hydrogen (secondary N) is 2. The zero-order valence-corrected chi connectivity index (χ0v) is 12.9. The molecule has 1 aliphatic carbocycles. The highest BCUT2D eigenvalue weighted by atomic mass is 35.5. The molecule has 1 aliphatic rings. The van der Waals surface area contributed by atoms with Crippen molar-refractivity contribution in [3.05, 3.63) is 0 Å². The number of rotatable bonds is 7. The van der Waals surface area contributed by atoms with Gasteiger partial charge in [-0.15, -0.1) is 12.4 Å². The molecule has 114 valence electrons. The highest BCUT2D eigenvalue weighted by Gasteiger charge is 2.29. The number of carbonyl (C=O) groups is 1. The monoisotopic (exact) mass is 313 g/mol. The average Bonchev–Trinajstić information content (AvgIpc) is 2.68. The van der Waals surface area contributed by atoms with E-state index >= 15 is 0 Å². The first-order chi connectivity index (χ1) is 8.42. The van der Waals surface area contributed by atoms with Gasteiger partial charge in [0.25, 0.3) is 0 Å². The summed E-state index contributed by atoms with van der Waals surface area (Å²) < 4.78 is 25.0.